The van der Waals surface area contributed by atoms with Crippen LogP contribution in [0.25, 0.3) is 0 Å². The molecular formula is C11H18N4O. The summed E-state index contributed by atoms with van der Waals surface area (Å²) in [5.74, 6) is 0.0990. The van der Waals surface area contributed by atoms with E-state index in [1.54, 1.807) is 17.9 Å². The smallest absolute Gasteiger partial charge is 0.202 e. The van der Waals surface area contributed by atoms with Gasteiger partial charge in [-0.2, -0.15) is 0 Å². The van der Waals surface area contributed by atoms with Crippen molar-refractivity contribution >= 4 is 5.78 Å². The van der Waals surface area contributed by atoms with Crippen LogP contribution in [0.1, 0.15) is 37.2 Å². The number of likely N-dealkylation sites (tertiary alicyclic amines) is 1. The summed E-state index contributed by atoms with van der Waals surface area (Å²) in [7, 11) is 1.75. The minimum absolute atomic E-state index is 0.0990. The third-order valence-electron chi connectivity index (χ3n) is 3.40. The number of carbonyl (C=O) groups is 1. The maximum absolute atomic E-state index is 12.4. The standard InChI is InChI=1S/C11H18N4O/c1-11(2,15-6-4-5-7-15)10(16)9-8-12-13-14(9)3/h8H,4-7H2,1-3H3. The second-order valence-corrected chi connectivity index (χ2v) is 4.83. The van der Waals surface area contributed by atoms with E-state index in [0.29, 0.717) is 5.69 Å². The lowest BCUT2D eigenvalue weighted by atomic mass is 9.95. The molecule has 1 aliphatic rings. The molecule has 1 aromatic heterocycles. The highest BCUT2D eigenvalue weighted by molar-refractivity contribution is 6.01. The van der Waals surface area contributed by atoms with E-state index in [9.17, 15) is 4.79 Å². The Morgan fingerprint density at radius 3 is 2.50 bits per heavy atom. The van der Waals surface area contributed by atoms with E-state index in [2.05, 4.69) is 15.2 Å². The molecule has 0 bridgehead atoms. The van der Waals surface area contributed by atoms with Gasteiger partial charge in [0.25, 0.3) is 0 Å². The molecule has 1 fully saturated rings. The fourth-order valence-electron chi connectivity index (χ4n) is 2.23. The maximum Gasteiger partial charge on any atom is 0.202 e. The van der Waals surface area contributed by atoms with Gasteiger partial charge in [-0.25, -0.2) is 4.68 Å². The third kappa shape index (κ3) is 1.75. The number of ketones is 1. The van der Waals surface area contributed by atoms with Crippen LogP contribution in [0, 0.1) is 0 Å². The fourth-order valence-corrected chi connectivity index (χ4v) is 2.23. The number of carbonyl (C=O) groups excluding carboxylic acids is 1. The molecule has 5 heteroatoms. The van der Waals surface area contributed by atoms with Gasteiger partial charge in [-0.05, 0) is 39.8 Å². The predicted octanol–water partition coefficient (Wildman–Crippen LogP) is 0.872. The zero-order valence-corrected chi connectivity index (χ0v) is 10.1. The molecule has 0 spiro atoms. The first-order chi connectivity index (χ1) is 7.53. The van der Waals surface area contributed by atoms with Crippen molar-refractivity contribution in [1.82, 2.24) is 19.9 Å². The summed E-state index contributed by atoms with van der Waals surface area (Å²) in [5, 5.41) is 7.56. The van der Waals surface area contributed by atoms with Crippen molar-refractivity contribution in [2.24, 2.45) is 7.05 Å². The van der Waals surface area contributed by atoms with E-state index in [4.69, 9.17) is 0 Å². The van der Waals surface area contributed by atoms with Crippen molar-refractivity contribution < 1.29 is 4.79 Å². The molecule has 2 heterocycles. The molecule has 0 amide bonds. The van der Waals surface area contributed by atoms with Crippen LogP contribution in [0.2, 0.25) is 0 Å². The van der Waals surface area contributed by atoms with E-state index in [1.165, 1.54) is 12.8 Å². The molecule has 16 heavy (non-hydrogen) atoms. The molecule has 0 atom stereocenters. The molecule has 5 nitrogen and oxygen atoms in total. The minimum Gasteiger partial charge on any atom is -0.291 e. The number of Topliss-reactive ketones (excluding diaryl/α,β-unsaturated/α-hetero) is 1. The second-order valence-electron chi connectivity index (χ2n) is 4.83. The Kier molecular flexibility index (Phi) is 2.80. The summed E-state index contributed by atoms with van der Waals surface area (Å²) < 4.78 is 1.54. The number of aromatic nitrogens is 3. The van der Waals surface area contributed by atoms with E-state index >= 15 is 0 Å². The highest BCUT2D eigenvalue weighted by Gasteiger charge is 2.37. The van der Waals surface area contributed by atoms with Crippen molar-refractivity contribution in [3.63, 3.8) is 0 Å². The van der Waals surface area contributed by atoms with Crippen LogP contribution < -0.4 is 0 Å². The van der Waals surface area contributed by atoms with Gasteiger partial charge in [0.15, 0.2) is 0 Å². The SMILES string of the molecule is Cn1nncc1C(=O)C(C)(C)N1CCCC1. The molecular weight excluding hydrogens is 204 g/mol. The highest BCUT2D eigenvalue weighted by atomic mass is 16.1. The second kappa shape index (κ2) is 3.97. The van der Waals surface area contributed by atoms with Crippen LogP contribution in [-0.4, -0.2) is 44.3 Å². The van der Waals surface area contributed by atoms with Gasteiger partial charge >= 0.3 is 0 Å². The van der Waals surface area contributed by atoms with Crippen LogP contribution in [0.15, 0.2) is 6.20 Å². The van der Waals surface area contributed by atoms with Crippen molar-refractivity contribution in [3.8, 4) is 0 Å². The molecule has 0 saturated carbocycles. The third-order valence-corrected chi connectivity index (χ3v) is 3.40. The summed E-state index contributed by atoms with van der Waals surface area (Å²) in [6.07, 6.45) is 3.90. The van der Waals surface area contributed by atoms with Crippen LogP contribution in [0.4, 0.5) is 0 Å². The molecule has 0 aliphatic carbocycles. The maximum atomic E-state index is 12.4. The molecule has 0 aromatic carbocycles. The first kappa shape index (κ1) is 11.3. The Morgan fingerprint density at radius 1 is 1.38 bits per heavy atom. The first-order valence-corrected chi connectivity index (χ1v) is 5.68. The van der Waals surface area contributed by atoms with Gasteiger partial charge in [0.05, 0.1) is 11.7 Å². The molecule has 1 saturated heterocycles. The Balaban J connectivity index is 2.23. The number of nitrogens with zero attached hydrogens (tertiary/aromatic N) is 4. The number of rotatable bonds is 3. The van der Waals surface area contributed by atoms with Crippen LogP contribution in [0.5, 0.6) is 0 Å². The quantitative estimate of drug-likeness (QED) is 0.712. The van der Waals surface area contributed by atoms with E-state index < -0.39 is 5.54 Å². The average molecular weight is 222 g/mol. The van der Waals surface area contributed by atoms with Gasteiger partial charge < -0.3 is 0 Å². The van der Waals surface area contributed by atoms with Crippen molar-refractivity contribution in [3.05, 3.63) is 11.9 Å². The van der Waals surface area contributed by atoms with E-state index in [1.807, 2.05) is 13.8 Å². The summed E-state index contributed by atoms with van der Waals surface area (Å²) in [6, 6.07) is 0. The molecule has 0 radical (unpaired) electrons. The molecule has 88 valence electrons. The van der Waals surface area contributed by atoms with Gasteiger partial charge in [0.2, 0.25) is 5.78 Å². The van der Waals surface area contributed by atoms with Crippen molar-refractivity contribution in [2.75, 3.05) is 13.1 Å². The number of hydrogen-bond donors (Lipinski definition) is 0. The molecule has 0 unspecified atom stereocenters. The molecule has 2 rings (SSSR count). The summed E-state index contributed by atoms with van der Waals surface area (Å²) in [5.41, 5.74) is 0.128. The summed E-state index contributed by atoms with van der Waals surface area (Å²) in [4.78, 5) is 14.6. The van der Waals surface area contributed by atoms with Gasteiger partial charge in [-0.15, -0.1) is 5.10 Å². The topological polar surface area (TPSA) is 51.0 Å². The average Bonchev–Trinajstić information content (AvgIpc) is 2.86. The monoisotopic (exact) mass is 222 g/mol. The van der Waals surface area contributed by atoms with Crippen molar-refractivity contribution in [1.29, 1.82) is 0 Å². The normalized spacial score (nSPS) is 17.9. The summed E-state index contributed by atoms with van der Waals surface area (Å²) in [6.45, 7) is 5.97. The molecule has 1 aromatic rings. The van der Waals surface area contributed by atoms with E-state index in [-0.39, 0.29) is 5.78 Å². The number of hydrogen-bond acceptors (Lipinski definition) is 4. The largest absolute Gasteiger partial charge is 0.291 e. The van der Waals surface area contributed by atoms with Crippen molar-refractivity contribution in [2.45, 2.75) is 32.2 Å². The Morgan fingerprint density at radius 2 is 2.00 bits per heavy atom. The Hall–Kier alpha value is -1.23. The highest BCUT2D eigenvalue weighted by Crippen LogP contribution is 2.24. The minimum atomic E-state index is -0.452. The lowest BCUT2D eigenvalue weighted by Gasteiger charge is -2.33. The first-order valence-electron chi connectivity index (χ1n) is 5.68. The lowest BCUT2D eigenvalue weighted by Crippen LogP contribution is -2.49. The Labute approximate surface area is 95.4 Å². The van der Waals surface area contributed by atoms with Crippen LogP contribution >= 0.6 is 0 Å². The molecule has 0 N–H and O–H groups in total. The zero-order chi connectivity index (χ0) is 11.8. The summed E-state index contributed by atoms with van der Waals surface area (Å²) >= 11 is 0. The van der Waals surface area contributed by atoms with Gasteiger partial charge in [0, 0.05) is 7.05 Å². The van der Waals surface area contributed by atoms with Gasteiger partial charge in [0.1, 0.15) is 5.69 Å². The molecule has 1 aliphatic heterocycles. The van der Waals surface area contributed by atoms with Crippen LogP contribution in [0.3, 0.4) is 0 Å². The fraction of sp³-hybridized carbons (Fsp3) is 0.727. The Bertz CT molecular complexity index is 390. The van der Waals surface area contributed by atoms with Crippen LogP contribution in [-0.2, 0) is 7.05 Å². The van der Waals surface area contributed by atoms with E-state index in [0.717, 1.165) is 13.1 Å². The zero-order valence-electron chi connectivity index (χ0n) is 10.1. The van der Waals surface area contributed by atoms with Gasteiger partial charge in [-0.1, -0.05) is 5.21 Å². The van der Waals surface area contributed by atoms with Gasteiger partial charge in [-0.3, -0.25) is 9.69 Å². The lowest BCUT2D eigenvalue weighted by molar-refractivity contribution is 0.0692. The number of aryl methyl sites for hydroxylation is 1. The predicted molar refractivity (Wildman–Crippen MR) is 60.2 cm³/mol.